The summed E-state index contributed by atoms with van der Waals surface area (Å²) in [5, 5.41) is 12.6. The number of carbonyl (C=O) groups excluding carboxylic acids is 2. The highest BCUT2D eigenvalue weighted by molar-refractivity contribution is 7.17. The van der Waals surface area contributed by atoms with Crippen LogP contribution in [-0.4, -0.2) is 17.9 Å². The van der Waals surface area contributed by atoms with Crippen LogP contribution in [-0.2, 0) is 27.3 Å². The molecule has 2 saturated heterocycles. The summed E-state index contributed by atoms with van der Waals surface area (Å²) in [7, 11) is 0. The molecule has 6 nitrogen and oxygen atoms in total. The minimum absolute atomic E-state index is 0.324. The molecule has 2 fully saturated rings. The molecule has 0 bridgehead atoms. The van der Waals surface area contributed by atoms with E-state index in [2.05, 4.69) is 6.07 Å². The van der Waals surface area contributed by atoms with Gasteiger partial charge in [-0.25, -0.2) is 9.96 Å². The number of nitriles is 1. The van der Waals surface area contributed by atoms with E-state index >= 15 is 0 Å². The number of hydroxylamine groups is 1. The molecule has 3 aromatic rings. The Bertz CT molecular complexity index is 1330. The molecular formula is C26H20ClN3O3S. The molecule has 3 atom stereocenters. The van der Waals surface area contributed by atoms with Crippen molar-refractivity contribution in [2.75, 3.05) is 9.96 Å². The third-order valence-corrected chi connectivity index (χ3v) is 8.33. The van der Waals surface area contributed by atoms with Gasteiger partial charge in [0.2, 0.25) is 5.91 Å². The normalized spacial score (nSPS) is 23.7. The minimum atomic E-state index is -0.959. The summed E-state index contributed by atoms with van der Waals surface area (Å²) >= 11 is 7.48. The second kappa shape index (κ2) is 8.24. The number of halogens is 1. The fourth-order valence-corrected chi connectivity index (χ4v) is 6.72. The number of hydrogen-bond acceptors (Lipinski definition) is 6. The van der Waals surface area contributed by atoms with Gasteiger partial charge in [-0.05, 0) is 61.1 Å². The quantitative estimate of drug-likeness (QED) is 0.472. The Balaban J connectivity index is 1.43. The van der Waals surface area contributed by atoms with Gasteiger partial charge in [0.15, 0.2) is 6.10 Å². The van der Waals surface area contributed by atoms with E-state index in [0.29, 0.717) is 21.3 Å². The van der Waals surface area contributed by atoms with Crippen LogP contribution >= 0.6 is 22.9 Å². The van der Waals surface area contributed by atoms with Crippen molar-refractivity contribution in [2.24, 2.45) is 5.92 Å². The first kappa shape index (κ1) is 21.4. The summed E-state index contributed by atoms with van der Waals surface area (Å²) in [6, 6.07) is 18.5. The van der Waals surface area contributed by atoms with Crippen LogP contribution in [0.4, 0.5) is 10.7 Å². The fraction of sp³-hybridized carbons (Fsp3) is 0.269. The lowest BCUT2D eigenvalue weighted by atomic mass is 9.90. The Morgan fingerprint density at radius 3 is 2.47 bits per heavy atom. The maximum absolute atomic E-state index is 13.9. The molecule has 2 aliphatic heterocycles. The predicted molar refractivity (Wildman–Crippen MR) is 130 cm³/mol. The highest BCUT2D eigenvalue weighted by atomic mass is 35.5. The molecule has 1 aromatic heterocycles. The molecule has 0 N–H and O–H groups in total. The smallest absolute Gasteiger partial charge is 0.267 e. The van der Waals surface area contributed by atoms with Crippen molar-refractivity contribution in [3.63, 3.8) is 0 Å². The molecule has 0 radical (unpaired) electrons. The summed E-state index contributed by atoms with van der Waals surface area (Å²) in [6.45, 7) is 0. The van der Waals surface area contributed by atoms with Gasteiger partial charge in [-0.3, -0.25) is 14.4 Å². The van der Waals surface area contributed by atoms with Crippen LogP contribution in [0.25, 0.3) is 0 Å². The second-order valence-electron chi connectivity index (χ2n) is 8.72. The van der Waals surface area contributed by atoms with Crippen molar-refractivity contribution < 1.29 is 14.4 Å². The van der Waals surface area contributed by atoms with Gasteiger partial charge in [0.25, 0.3) is 5.91 Å². The average molecular weight is 490 g/mol. The molecule has 34 heavy (non-hydrogen) atoms. The van der Waals surface area contributed by atoms with Crippen molar-refractivity contribution >= 4 is 45.4 Å². The van der Waals surface area contributed by atoms with Crippen LogP contribution in [0.1, 0.15) is 40.5 Å². The highest BCUT2D eigenvalue weighted by Gasteiger charge is 2.61. The topological polar surface area (TPSA) is 73.6 Å². The first-order valence-electron chi connectivity index (χ1n) is 11.3. The molecule has 6 rings (SSSR count). The van der Waals surface area contributed by atoms with Crippen molar-refractivity contribution in [1.82, 2.24) is 0 Å². The van der Waals surface area contributed by atoms with E-state index < -0.39 is 24.0 Å². The van der Waals surface area contributed by atoms with Crippen molar-refractivity contribution in [3.05, 3.63) is 81.2 Å². The van der Waals surface area contributed by atoms with Crippen molar-refractivity contribution in [3.8, 4) is 6.07 Å². The van der Waals surface area contributed by atoms with Gasteiger partial charge in [0, 0.05) is 9.90 Å². The number of rotatable bonds is 3. The van der Waals surface area contributed by atoms with E-state index in [4.69, 9.17) is 16.4 Å². The van der Waals surface area contributed by atoms with Crippen LogP contribution in [0.2, 0.25) is 5.02 Å². The van der Waals surface area contributed by atoms with Gasteiger partial charge >= 0.3 is 0 Å². The summed E-state index contributed by atoms with van der Waals surface area (Å²) in [6.07, 6.45) is 2.80. The molecule has 3 heterocycles. The van der Waals surface area contributed by atoms with Crippen molar-refractivity contribution in [2.45, 2.75) is 37.8 Å². The number of benzene rings is 2. The Labute approximate surface area is 205 Å². The zero-order chi connectivity index (χ0) is 23.4. The molecule has 8 heteroatoms. The average Bonchev–Trinajstić information content (AvgIpc) is 3.50. The molecule has 0 unspecified atom stereocenters. The van der Waals surface area contributed by atoms with Crippen LogP contribution in [0.15, 0.2) is 54.6 Å². The number of nitrogens with zero attached hydrogens (tertiary/aromatic N) is 3. The molecule has 1 aliphatic carbocycles. The largest absolute Gasteiger partial charge is 0.273 e. The highest BCUT2D eigenvalue weighted by Crippen LogP contribution is 2.50. The molecule has 0 saturated carbocycles. The van der Waals surface area contributed by atoms with Gasteiger partial charge in [0.05, 0.1) is 17.3 Å². The molecule has 3 aliphatic rings. The van der Waals surface area contributed by atoms with E-state index in [1.165, 1.54) is 16.2 Å². The van der Waals surface area contributed by atoms with Crippen LogP contribution in [0.5, 0.6) is 0 Å². The Morgan fingerprint density at radius 2 is 1.74 bits per heavy atom. The summed E-state index contributed by atoms with van der Waals surface area (Å²) in [5.41, 5.74) is 3.05. The molecule has 0 spiro atoms. The van der Waals surface area contributed by atoms with E-state index in [1.54, 1.807) is 17.2 Å². The van der Waals surface area contributed by atoms with Gasteiger partial charge in [0.1, 0.15) is 17.0 Å². The summed E-state index contributed by atoms with van der Waals surface area (Å²) in [4.78, 5) is 36.0. The third kappa shape index (κ3) is 3.17. The lowest BCUT2D eigenvalue weighted by molar-refractivity contribution is -0.126. The van der Waals surface area contributed by atoms with Gasteiger partial charge < -0.3 is 0 Å². The zero-order valence-electron chi connectivity index (χ0n) is 18.1. The van der Waals surface area contributed by atoms with E-state index in [1.807, 2.05) is 42.5 Å². The van der Waals surface area contributed by atoms with Gasteiger partial charge in [-0.2, -0.15) is 5.26 Å². The molecule has 2 amide bonds. The minimum Gasteiger partial charge on any atom is -0.273 e. The monoisotopic (exact) mass is 489 g/mol. The van der Waals surface area contributed by atoms with E-state index in [-0.39, 0.29) is 5.91 Å². The number of anilines is 2. The second-order valence-corrected chi connectivity index (χ2v) is 10.2. The first-order chi connectivity index (χ1) is 16.6. The van der Waals surface area contributed by atoms with Gasteiger partial charge in [-0.15, -0.1) is 11.3 Å². The lowest BCUT2D eigenvalue weighted by Crippen LogP contribution is -2.37. The van der Waals surface area contributed by atoms with Crippen LogP contribution < -0.4 is 9.96 Å². The third-order valence-electron chi connectivity index (χ3n) is 6.81. The fourth-order valence-electron chi connectivity index (χ4n) is 5.24. The standard InChI is InChI=1S/C26H20ClN3O3S/c27-16-10-12-17(13-11-16)30-22(15-6-2-1-3-7-15)21-23(33-30)25(32)29(24(21)31)26-19(14-28)18-8-4-5-9-20(18)34-26/h1-3,6-7,10-13,21-23H,4-5,8-9H2/t21-,22+,23-/m1/s1. The van der Waals surface area contributed by atoms with E-state index in [0.717, 1.165) is 41.7 Å². The molecular weight excluding hydrogens is 470 g/mol. The summed E-state index contributed by atoms with van der Waals surface area (Å²) in [5.74, 6) is -1.46. The lowest BCUT2D eigenvalue weighted by Gasteiger charge is -2.28. The number of fused-ring (bicyclic) bond motifs is 2. The predicted octanol–water partition coefficient (Wildman–Crippen LogP) is 5.20. The number of hydrogen-bond donors (Lipinski definition) is 0. The Kier molecular flexibility index (Phi) is 5.18. The SMILES string of the molecule is N#Cc1c(N2C(=O)[C@H]3[C@@H](ON(c4ccc(Cl)cc4)[C@H]3c3ccccc3)C2=O)sc2c1CCCC2. The maximum Gasteiger partial charge on any atom is 0.267 e. The van der Waals surface area contributed by atoms with Crippen molar-refractivity contribution in [1.29, 1.82) is 5.26 Å². The zero-order valence-corrected chi connectivity index (χ0v) is 19.7. The number of amides is 2. The Hall–Kier alpha value is -3.18. The Morgan fingerprint density at radius 1 is 1.00 bits per heavy atom. The van der Waals surface area contributed by atoms with E-state index in [9.17, 15) is 14.9 Å². The number of imide groups is 1. The number of aryl methyl sites for hydroxylation is 1. The van der Waals surface area contributed by atoms with Crippen LogP contribution in [0.3, 0.4) is 0 Å². The van der Waals surface area contributed by atoms with Gasteiger partial charge in [-0.1, -0.05) is 41.9 Å². The molecule has 170 valence electrons. The van der Waals surface area contributed by atoms with Crippen LogP contribution in [0, 0.1) is 17.2 Å². The summed E-state index contributed by atoms with van der Waals surface area (Å²) < 4.78 is 0. The maximum atomic E-state index is 13.9. The number of carbonyl (C=O) groups is 2. The number of thiophene rings is 1. The first-order valence-corrected chi connectivity index (χ1v) is 12.5. The molecule has 2 aromatic carbocycles.